The molecule has 2 heterocycles. The van der Waals surface area contributed by atoms with E-state index in [9.17, 15) is 5.11 Å². The predicted octanol–water partition coefficient (Wildman–Crippen LogP) is 3.77. The Balaban J connectivity index is 1.39. The summed E-state index contributed by atoms with van der Waals surface area (Å²) in [6, 6.07) is 10.7. The Morgan fingerprint density at radius 3 is 2.38 bits per heavy atom. The standard InChI is InChI=1S/C20H23NO3/c1-13-7-15(5-6-18(13)22)4-3-14(2)21-10-16-8-19-20(24-12-23-19)9-17(16)11-21/h5-9,14,22H,3-4,10-12H2,1-2H3/t14-/m1/s1. The minimum Gasteiger partial charge on any atom is -0.508 e. The monoisotopic (exact) mass is 325 g/mol. The van der Waals surface area contributed by atoms with Crippen LogP contribution >= 0.6 is 0 Å². The lowest BCUT2D eigenvalue weighted by Gasteiger charge is -2.23. The molecule has 1 atom stereocenters. The molecule has 0 aliphatic carbocycles. The van der Waals surface area contributed by atoms with Crippen molar-refractivity contribution < 1.29 is 14.6 Å². The normalized spacial score (nSPS) is 17.1. The Morgan fingerprint density at radius 1 is 1.08 bits per heavy atom. The maximum Gasteiger partial charge on any atom is 0.231 e. The van der Waals surface area contributed by atoms with Gasteiger partial charge in [0.15, 0.2) is 11.5 Å². The summed E-state index contributed by atoms with van der Waals surface area (Å²) < 4.78 is 11.0. The molecular weight excluding hydrogens is 302 g/mol. The highest BCUT2D eigenvalue weighted by molar-refractivity contribution is 5.50. The van der Waals surface area contributed by atoms with E-state index in [-0.39, 0.29) is 0 Å². The quantitative estimate of drug-likeness (QED) is 0.929. The number of aromatic hydroxyl groups is 1. The molecule has 0 spiro atoms. The molecule has 0 aromatic heterocycles. The molecule has 1 N–H and O–H groups in total. The Bertz CT molecular complexity index is 739. The Hall–Kier alpha value is -2.20. The van der Waals surface area contributed by atoms with Gasteiger partial charge in [-0.1, -0.05) is 12.1 Å². The van der Waals surface area contributed by atoms with Crippen molar-refractivity contribution in [2.75, 3.05) is 6.79 Å². The number of benzene rings is 2. The van der Waals surface area contributed by atoms with Gasteiger partial charge in [0.25, 0.3) is 0 Å². The number of hydrogen-bond acceptors (Lipinski definition) is 4. The van der Waals surface area contributed by atoms with E-state index in [1.165, 1.54) is 16.7 Å². The number of phenols is 1. The van der Waals surface area contributed by atoms with Crippen molar-refractivity contribution in [3.05, 3.63) is 52.6 Å². The minimum atomic E-state index is 0.338. The SMILES string of the molecule is Cc1cc(CC[C@@H](C)N2Cc3cc4c(cc3C2)OCO4)ccc1O. The molecule has 0 amide bonds. The van der Waals surface area contributed by atoms with Crippen LogP contribution in [0.5, 0.6) is 17.2 Å². The van der Waals surface area contributed by atoms with Crippen LogP contribution in [0.2, 0.25) is 0 Å². The smallest absolute Gasteiger partial charge is 0.231 e. The van der Waals surface area contributed by atoms with Gasteiger partial charge in [0, 0.05) is 19.1 Å². The summed E-state index contributed by atoms with van der Waals surface area (Å²) in [6.07, 6.45) is 2.13. The van der Waals surface area contributed by atoms with Crippen LogP contribution in [0.4, 0.5) is 0 Å². The number of nitrogens with zero attached hydrogens (tertiary/aromatic N) is 1. The Labute approximate surface area is 142 Å². The largest absolute Gasteiger partial charge is 0.508 e. The van der Waals surface area contributed by atoms with Crippen LogP contribution < -0.4 is 9.47 Å². The summed E-state index contributed by atoms with van der Waals surface area (Å²) >= 11 is 0. The number of rotatable bonds is 4. The first-order valence-electron chi connectivity index (χ1n) is 8.54. The highest BCUT2D eigenvalue weighted by atomic mass is 16.7. The molecule has 0 saturated heterocycles. The van der Waals surface area contributed by atoms with Crippen molar-refractivity contribution in [3.8, 4) is 17.2 Å². The molecule has 2 aromatic carbocycles. The Morgan fingerprint density at radius 2 is 1.75 bits per heavy atom. The van der Waals surface area contributed by atoms with Crippen LogP contribution in [0.25, 0.3) is 0 Å². The zero-order valence-corrected chi connectivity index (χ0v) is 14.2. The van der Waals surface area contributed by atoms with Gasteiger partial charge in [-0.3, -0.25) is 4.90 Å². The molecule has 2 aliphatic heterocycles. The molecule has 4 nitrogen and oxygen atoms in total. The molecule has 0 bridgehead atoms. The average Bonchev–Trinajstić information content (AvgIpc) is 3.18. The molecule has 2 aromatic rings. The molecule has 24 heavy (non-hydrogen) atoms. The van der Waals surface area contributed by atoms with Crippen LogP contribution in [0, 0.1) is 6.92 Å². The van der Waals surface area contributed by atoms with Gasteiger partial charge in [0.2, 0.25) is 6.79 Å². The number of aryl methyl sites for hydroxylation is 2. The Kier molecular flexibility index (Phi) is 3.85. The minimum absolute atomic E-state index is 0.338. The van der Waals surface area contributed by atoms with Crippen molar-refractivity contribution in [2.24, 2.45) is 0 Å². The van der Waals surface area contributed by atoms with Gasteiger partial charge in [0.1, 0.15) is 5.75 Å². The number of phenolic OH excluding ortho intramolecular Hbond substituents is 1. The summed E-state index contributed by atoms with van der Waals surface area (Å²) in [5, 5.41) is 9.64. The lowest BCUT2D eigenvalue weighted by molar-refractivity contribution is 0.173. The van der Waals surface area contributed by atoms with Crippen LogP contribution in [-0.4, -0.2) is 22.8 Å². The summed E-state index contributed by atoms with van der Waals surface area (Å²) in [6.45, 7) is 6.52. The molecule has 0 saturated carbocycles. The number of hydrogen-bond donors (Lipinski definition) is 1. The lowest BCUT2D eigenvalue weighted by atomic mass is 10.0. The fraction of sp³-hybridized carbons (Fsp3) is 0.400. The fourth-order valence-corrected chi connectivity index (χ4v) is 3.56. The van der Waals surface area contributed by atoms with Crippen molar-refractivity contribution in [3.63, 3.8) is 0 Å². The van der Waals surface area contributed by atoms with Crippen molar-refractivity contribution in [1.82, 2.24) is 4.90 Å². The van der Waals surface area contributed by atoms with E-state index in [1.54, 1.807) is 6.07 Å². The van der Waals surface area contributed by atoms with Crippen LogP contribution in [-0.2, 0) is 19.5 Å². The summed E-state index contributed by atoms with van der Waals surface area (Å²) in [7, 11) is 0. The number of fused-ring (bicyclic) bond motifs is 2. The zero-order valence-electron chi connectivity index (χ0n) is 14.2. The van der Waals surface area contributed by atoms with Crippen molar-refractivity contribution in [2.45, 2.75) is 45.8 Å². The van der Waals surface area contributed by atoms with E-state index < -0.39 is 0 Å². The van der Waals surface area contributed by atoms with E-state index in [0.29, 0.717) is 18.6 Å². The third-order valence-corrected chi connectivity index (χ3v) is 5.18. The van der Waals surface area contributed by atoms with Crippen molar-refractivity contribution >= 4 is 0 Å². The van der Waals surface area contributed by atoms with E-state index in [2.05, 4.69) is 30.0 Å². The van der Waals surface area contributed by atoms with Gasteiger partial charge >= 0.3 is 0 Å². The van der Waals surface area contributed by atoms with Gasteiger partial charge in [-0.2, -0.15) is 0 Å². The van der Waals surface area contributed by atoms with E-state index >= 15 is 0 Å². The highest BCUT2D eigenvalue weighted by Gasteiger charge is 2.26. The second-order valence-electron chi connectivity index (χ2n) is 6.89. The van der Waals surface area contributed by atoms with Gasteiger partial charge in [-0.05, 0) is 67.1 Å². The second-order valence-corrected chi connectivity index (χ2v) is 6.89. The fourth-order valence-electron chi connectivity index (χ4n) is 3.56. The van der Waals surface area contributed by atoms with E-state index in [0.717, 1.165) is 43.0 Å². The third kappa shape index (κ3) is 2.82. The van der Waals surface area contributed by atoms with Gasteiger partial charge < -0.3 is 14.6 Å². The first-order valence-corrected chi connectivity index (χ1v) is 8.54. The molecule has 2 aliphatic rings. The van der Waals surface area contributed by atoms with Gasteiger partial charge in [-0.15, -0.1) is 0 Å². The summed E-state index contributed by atoms with van der Waals surface area (Å²) in [5.41, 5.74) is 4.94. The topological polar surface area (TPSA) is 41.9 Å². The highest BCUT2D eigenvalue weighted by Crippen LogP contribution is 2.38. The van der Waals surface area contributed by atoms with Gasteiger partial charge in [-0.25, -0.2) is 0 Å². The molecule has 4 rings (SSSR count). The van der Waals surface area contributed by atoms with E-state index in [1.807, 2.05) is 13.0 Å². The first kappa shape index (κ1) is 15.3. The third-order valence-electron chi connectivity index (χ3n) is 5.18. The van der Waals surface area contributed by atoms with Crippen LogP contribution in [0.15, 0.2) is 30.3 Å². The summed E-state index contributed by atoms with van der Waals surface area (Å²) in [4.78, 5) is 2.51. The maximum atomic E-state index is 9.64. The molecule has 0 fully saturated rings. The van der Waals surface area contributed by atoms with Crippen LogP contribution in [0.3, 0.4) is 0 Å². The molecule has 4 heteroatoms. The van der Waals surface area contributed by atoms with Crippen LogP contribution in [0.1, 0.15) is 35.6 Å². The average molecular weight is 325 g/mol. The lowest BCUT2D eigenvalue weighted by Crippen LogP contribution is -2.28. The van der Waals surface area contributed by atoms with E-state index in [4.69, 9.17) is 9.47 Å². The maximum absolute atomic E-state index is 9.64. The van der Waals surface area contributed by atoms with Gasteiger partial charge in [0.05, 0.1) is 0 Å². The summed E-state index contributed by atoms with van der Waals surface area (Å²) in [5.74, 6) is 2.13. The van der Waals surface area contributed by atoms with Crippen molar-refractivity contribution in [1.29, 1.82) is 0 Å². The molecular formula is C20H23NO3. The number of ether oxygens (including phenoxy) is 2. The second kappa shape index (κ2) is 6.02. The predicted molar refractivity (Wildman–Crippen MR) is 92.4 cm³/mol. The first-order chi connectivity index (χ1) is 11.6. The molecule has 0 unspecified atom stereocenters. The molecule has 126 valence electrons. The zero-order chi connectivity index (χ0) is 16.7. The molecule has 0 radical (unpaired) electrons.